The molecule has 112 valence electrons. The van der Waals surface area contributed by atoms with Crippen molar-refractivity contribution in [2.75, 3.05) is 13.7 Å². The van der Waals surface area contributed by atoms with Crippen LogP contribution in [0.2, 0.25) is 0 Å². The number of thiophene rings is 1. The van der Waals surface area contributed by atoms with Crippen molar-refractivity contribution in [3.63, 3.8) is 0 Å². The van der Waals surface area contributed by atoms with Crippen LogP contribution < -0.4 is 5.32 Å². The van der Waals surface area contributed by atoms with Crippen LogP contribution in [0.1, 0.15) is 15.2 Å². The number of halogens is 1. The molecule has 0 aliphatic carbocycles. The van der Waals surface area contributed by atoms with Crippen LogP contribution in [0, 0.1) is 12.7 Å². The number of carbonyl (C=O) groups excluding carboxylic acids is 1. The van der Waals surface area contributed by atoms with Gasteiger partial charge in [-0.05, 0) is 30.0 Å². The third kappa shape index (κ3) is 3.20. The number of rotatable bonds is 5. The number of fused-ring (bicyclic) bond motifs is 1. The molecule has 0 bridgehead atoms. The number of hydrogen-bond acceptors (Lipinski definition) is 4. The summed E-state index contributed by atoms with van der Waals surface area (Å²) in [5, 5.41) is 12.2. The minimum absolute atomic E-state index is 0.132. The summed E-state index contributed by atoms with van der Waals surface area (Å²) >= 11 is 1.17. The fraction of sp³-hybridized carbons (Fsp3) is 0.286. The molecule has 7 heteroatoms. The molecule has 0 spiro atoms. The number of amides is 1. The Hall–Kier alpha value is -1.99. The number of carbonyl (C=O) groups is 2. The molecule has 1 aromatic heterocycles. The maximum atomic E-state index is 13.2. The zero-order chi connectivity index (χ0) is 15.6. The Balaban J connectivity index is 2.20. The molecule has 1 amide bonds. The molecular formula is C14H14FNO4S. The lowest BCUT2D eigenvalue weighted by Gasteiger charge is -2.11. The summed E-state index contributed by atoms with van der Waals surface area (Å²) in [7, 11) is 1.26. The average molecular weight is 311 g/mol. The molecule has 0 radical (unpaired) electrons. The summed E-state index contributed by atoms with van der Waals surface area (Å²) in [6, 6.07) is 4.34. The average Bonchev–Trinajstić information content (AvgIpc) is 2.75. The second-order valence-electron chi connectivity index (χ2n) is 4.47. The number of aliphatic carboxylic acids is 1. The van der Waals surface area contributed by atoms with Crippen molar-refractivity contribution in [1.29, 1.82) is 0 Å². The number of carboxylic acids is 1. The highest BCUT2D eigenvalue weighted by atomic mass is 32.1. The van der Waals surface area contributed by atoms with Crippen molar-refractivity contribution in [3.8, 4) is 0 Å². The molecule has 0 aliphatic rings. The highest BCUT2D eigenvalue weighted by molar-refractivity contribution is 7.21. The van der Waals surface area contributed by atoms with E-state index >= 15 is 0 Å². The first-order valence-electron chi connectivity index (χ1n) is 6.16. The van der Waals surface area contributed by atoms with E-state index in [9.17, 15) is 14.0 Å². The normalized spacial score (nSPS) is 12.3. The Morgan fingerprint density at radius 2 is 2.19 bits per heavy atom. The van der Waals surface area contributed by atoms with E-state index < -0.39 is 18.0 Å². The van der Waals surface area contributed by atoms with E-state index in [1.807, 2.05) is 0 Å². The van der Waals surface area contributed by atoms with Gasteiger partial charge in [0.2, 0.25) is 0 Å². The monoisotopic (exact) mass is 311 g/mol. The number of hydrogen-bond donors (Lipinski definition) is 2. The highest BCUT2D eigenvalue weighted by Crippen LogP contribution is 2.31. The molecule has 5 nitrogen and oxygen atoms in total. The van der Waals surface area contributed by atoms with E-state index in [4.69, 9.17) is 9.84 Å². The van der Waals surface area contributed by atoms with E-state index in [-0.39, 0.29) is 12.4 Å². The Bertz CT molecular complexity index is 698. The van der Waals surface area contributed by atoms with Gasteiger partial charge in [-0.25, -0.2) is 9.18 Å². The lowest BCUT2D eigenvalue weighted by molar-refractivity contribution is -0.148. The molecule has 0 saturated heterocycles. The van der Waals surface area contributed by atoms with Gasteiger partial charge in [0, 0.05) is 11.8 Å². The van der Waals surface area contributed by atoms with Crippen molar-refractivity contribution in [3.05, 3.63) is 34.5 Å². The number of aryl methyl sites for hydroxylation is 1. The summed E-state index contributed by atoms with van der Waals surface area (Å²) in [5.74, 6) is -1.90. The van der Waals surface area contributed by atoms with Gasteiger partial charge in [0.1, 0.15) is 5.82 Å². The van der Waals surface area contributed by atoms with Crippen LogP contribution in [0.25, 0.3) is 10.1 Å². The number of benzene rings is 1. The van der Waals surface area contributed by atoms with Gasteiger partial charge in [-0.2, -0.15) is 0 Å². The summed E-state index contributed by atoms with van der Waals surface area (Å²) in [6.45, 7) is 1.64. The van der Waals surface area contributed by atoms with E-state index in [2.05, 4.69) is 5.32 Å². The Labute approximate surface area is 124 Å². The second kappa shape index (κ2) is 6.19. The first-order valence-corrected chi connectivity index (χ1v) is 6.98. The molecule has 21 heavy (non-hydrogen) atoms. The first-order chi connectivity index (χ1) is 9.93. The maximum Gasteiger partial charge on any atom is 0.334 e. The van der Waals surface area contributed by atoms with Crippen molar-refractivity contribution >= 4 is 33.3 Å². The molecule has 2 aromatic rings. The third-order valence-electron chi connectivity index (χ3n) is 3.11. The predicted octanol–water partition coefficient (Wildman–Crippen LogP) is 2.18. The molecule has 1 atom stereocenters. The van der Waals surface area contributed by atoms with Crippen LogP contribution in [0.5, 0.6) is 0 Å². The third-order valence-corrected chi connectivity index (χ3v) is 4.37. The van der Waals surface area contributed by atoms with Crippen LogP contribution in [0.15, 0.2) is 18.2 Å². The predicted molar refractivity (Wildman–Crippen MR) is 77.3 cm³/mol. The second-order valence-corrected chi connectivity index (χ2v) is 5.52. The molecule has 1 unspecified atom stereocenters. The molecule has 2 N–H and O–H groups in total. The molecule has 2 rings (SSSR count). The van der Waals surface area contributed by atoms with Gasteiger partial charge >= 0.3 is 5.97 Å². The van der Waals surface area contributed by atoms with Crippen molar-refractivity contribution in [2.24, 2.45) is 0 Å². The van der Waals surface area contributed by atoms with Crippen molar-refractivity contribution in [1.82, 2.24) is 5.32 Å². The lowest BCUT2D eigenvalue weighted by Crippen LogP contribution is -2.37. The summed E-state index contributed by atoms with van der Waals surface area (Å²) < 4.78 is 18.6. The van der Waals surface area contributed by atoms with Crippen LogP contribution in [-0.2, 0) is 9.53 Å². The van der Waals surface area contributed by atoms with Gasteiger partial charge in [0.15, 0.2) is 6.10 Å². The molecular weight excluding hydrogens is 297 g/mol. The fourth-order valence-electron chi connectivity index (χ4n) is 1.95. The number of nitrogens with one attached hydrogen (secondary N) is 1. The quantitative estimate of drug-likeness (QED) is 0.887. The SMILES string of the molecule is COC(CNC(=O)c1sc2cc(F)ccc2c1C)C(=O)O. The lowest BCUT2D eigenvalue weighted by atomic mass is 10.1. The van der Waals surface area contributed by atoms with Crippen LogP contribution in [0.4, 0.5) is 4.39 Å². The maximum absolute atomic E-state index is 13.2. The number of methoxy groups -OCH3 is 1. The van der Waals surface area contributed by atoms with Crippen molar-refractivity contribution in [2.45, 2.75) is 13.0 Å². The van der Waals surface area contributed by atoms with Crippen LogP contribution in [0.3, 0.4) is 0 Å². The molecule has 1 heterocycles. The Kier molecular flexibility index (Phi) is 4.54. The smallest absolute Gasteiger partial charge is 0.334 e. The van der Waals surface area contributed by atoms with Gasteiger partial charge in [-0.3, -0.25) is 4.79 Å². The van der Waals surface area contributed by atoms with Gasteiger partial charge in [0.05, 0.1) is 11.4 Å². The Morgan fingerprint density at radius 3 is 2.81 bits per heavy atom. The van der Waals surface area contributed by atoms with E-state index in [0.29, 0.717) is 9.58 Å². The minimum atomic E-state index is -1.15. The summed E-state index contributed by atoms with van der Waals surface area (Å²) in [4.78, 5) is 23.4. The highest BCUT2D eigenvalue weighted by Gasteiger charge is 2.20. The zero-order valence-electron chi connectivity index (χ0n) is 11.5. The topological polar surface area (TPSA) is 75.6 Å². The van der Waals surface area contributed by atoms with Gasteiger partial charge in [-0.1, -0.05) is 6.07 Å². The van der Waals surface area contributed by atoms with Crippen LogP contribution in [-0.4, -0.2) is 36.7 Å². The van der Waals surface area contributed by atoms with E-state index in [0.717, 1.165) is 10.9 Å². The zero-order valence-corrected chi connectivity index (χ0v) is 12.3. The summed E-state index contributed by atoms with van der Waals surface area (Å²) in [5.41, 5.74) is 0.747. The molecule has 0 fully saturated rings. The Morgan fingerprint density at radius 1 is 1.48 bits per heavy atom. The standard InChI is InChI=1S/C14H14FNO4S/c1-7-9-4-3-8(15)5-11(9)21-12(7)13(17)16-6-10(20-2)14(18)19/h3-5,10H,6H2,1-2H3,(H,16,17)(H,18,19). The van der Waals surface area contributed by atoms with Crippen LogP contribution >= 0.6 is 11.3 Å². The summed E-state index contributed by atoms with van der Waals surface area (Å²) in [6.07, 6.45) is -1.10. The van der Waals surface area contributed by atoms with E-state index in [1.165, 1.54) is 30.6 Å². The van der Waals surface area contributed by atoms with Gasteiger partial charge < -0.3 is 15.2 Å². The van der Waals surface area contributed by atoms with Crippen molar-refractivity contribution < 1.29 is 23.8 Å². The number of carboxylic acid groups (broad SMARTS) is 1. The molecule has 1 aromatic carbocycles. The molecule has 0 saturated carbocycles. The van der Waals surface area contributed by atoms with E-state index in [1.54, 1.807) is 13.0 Å². The fourth-order valence-corrected chi connectivity index (χ4v) is 3.10. The largest absolute Gasteiger partial charge is 0.479 e. The first kappa shape index (κ1) is 15.4. The minimum Gasteiger partial charge on any atom is -0.479 e. The molecule has 0 aliphatic heterocycles. The number of ether oxygens (including phenoxy) is 1. The van der Waals surface area contributed by atoms with Gasteiger partial charge in [-0.15, -0.1) is 11.3 Å². The van der Waals surface area contributed by atoms with Gasteiger partial charge in [0.25, 0.3) is 5.91 Å².